The molecule has 3 rings (SSSR count). The van der Waals surface area contributed by atoms with E-state index >= 15 is 0 Å². The molecule has 1 aliphatic heterocycles. The van der Waals surface area contributed by atoms with Gasteiger partial charge in [0.1, 0.15) is 4.88 Å². The number of rotatable bonds is 3. The van der Waals surface area contributed by atoms with Crippen LogP contribution < -0.4 is 5.73 Å². The average molecular weight is 323 g/mol. The summed E-state index contributed by atoms with van der Waals surface area (Å²) in [5.74, 6) is 0.715. The first kappa shape index (κ1) is 14.7. The first-order valence-electron chi connectivity index (χ1n) is 7.37. The van der Waals surface area contributed by atoms with Gasteiger partial charge in [-0.2, -0.15) is 0 Å². The number of likely N-dealkylation sites (tertiary alicyclic amines) is 1. The molecule has 1 aliphatic rings. The summed E-state index contributed by atoms with van der Waals surface area (Å²) in [4.78, 5) is 15.3. The molecular weight excluding hydrogens is 304 g/mol. The molecule has 1 atom stereocenters. The first-order valence-corrected chi connectivity index (χ1v) is 8.56. The van der Waals surface area contributed by atoms with Gasteiger partial charge < -0.3 is 10.6 Å². The lowest BCUT2D eigenvalue weighted by molar-refractivity contribution is 0.0792. The number of amides is 1. The highest BCUT2D eigenvalue weighted by molar-refractivity contribution is 7.21. The van der Waals surface area contributed by atoms with Gasteiger partial charge >= 0.3 is 0 Å². The molecule has 21 heavy (non-hydrogen) atoms. The summed E-state index contributed by atoms with van der Waals surface area (Å²) in [7, 11) is 0. The van der Waals surface area contributed by atoms with Crippen molar-refractivity contribution in [3.63, 3.8) is 0 Å². The van der Waals surface area contributed by atoms with Gasteiger partial charge in [0.15, 0.2) is 0 Å². The Morgan fingerprint density at radius 1 is 1.52 bits per heavy atom. The maximum Gasteiger partial charge on any atom is 0.266 e. The third-order valence-electron chi connectivity index (χ3n) is 4.15. The summed E-state index contributed by atoms with van der Waals surface area (Å²) >= 11 is 7.46. The van der Waals surface area contributed by atoms with Crippen molar-refractivity contribution in [2.75, 3.05) is 18.8 Å². The van der Waals surface area contributed by atoms with Gasteiger partial charge in [-0.25, -0.2) is 0 Å². The molecule has 0 spiro atoms. The van der Waals surface area contributed by atoms with Crippen molar-refractivity contribution in [1.29, 1.82) is 0 Å². The van der Waals surface area contributed by atoms with Gasteiger partial charge in [-0.1, -0.05) is 24.9 Å². The van der Waals surface area contributed by atoms with E-state index in [1.807, 2.05) is 23.1 Å². The summed E-state index contributed by atoms with van der Waals surface area (Å²) in [6.45, 7) is 3.90. The molecule has 1 aromatic carbocycles. The third kappa shape index (κ3) is 2.74. The number of benzene rings is 1. The van der Waals surface area contributed by atoms with Crippen LogP contribution in [-0.2, 0) is 0 Å². The Balaban J connectivity index is 1.87. The molecule has 1 unspecified atom stereocenters. The third-order valence-corrected chi connectivity index (χ3v) is 5.55. The predicted octanol–water partition coefficient (Wildman–Crippen LogP) is 4.40. The molecule has 1 fully saturated rings. The molecule has 1 aromatic heterocycles. The number of nitrogen functional groups attached to an aromatic ring is 1. The van der Waals surface area contributed by atoms with Crippen LogP contribution >= 0.6 is 22.9 Å². The number of nitrogens with two attached hydrogens (primary N) is 1. The van der Waals surface area contributed by atoms with E-state index in [-0.39, 0.29) is 5.91 Å². The van der Waals surface area contributed by atoms with E-state index in [0.29, 0.717) is 21.5 Å². The van der Waals surface area contributed by atoms with Crippen LogP contribution in [0.15, 0.2) is 18.2 Å². The van der Waals surface area contributed by atoms with Gasteiger partial charge in [0, 0.05) is 28.2 Å². The molecule has 0 saturated carbocycles. The van der Waals surface area contributed by atoms with E-state index in [0.717, 1.165) is 29.6 Å². The van der Waals surface area contributed by atoms with Crippen LogP contribution in [0.3, 0.4) is 0 Å². The summed E-state index contributed by atoms with van der Waals surface area (Å²) in [6, 6.07) is 5.58. The maximum absolute atomic E-state index is 12.7. The van der Waals surface area contributed by atoms with Crippen molar-refractivity contribution in [2.45, 2.75) is 26.2 Å². The monoisotopic (exact) mass is 322 g/mol. The lowest BCUT2D eigenvalue weighted by Gasteiger charge is -2.15. The van der Waals surface area contributed by atoms with Crippen molar-refractivity contribution in [3.8, 4) is 0 Å². The van der Waals surface area contributed by atoms with E-state index in [1.54, 1.807) is 0 Å². The standard InChI is InChI=1S/C16H19ClN2OS/c1-2-3-10-6-7-19(9-10)16(20)15-14(18)12-5-4-11(17)8-13(12)21-15/h4-5,8,10H,2-3,6-7,9,18H2,1H3. The molecule has 2 N–H and O–H groups in total. The number of nitrogens with zero attached hydrogens (tertiary/aromatic N) is 1. The summed E-state index contributed by atoms with van der Waals surface area (Å²) < 4.78 is 0.979. The minimum Gasteiger partial charge on any atom is -0.397 e. The second kappa shape index (κ2) is 5.85. The van der Waals surface area contributed by atoms with E-state index in [4.69, 9.17) is 17.3 Å². The zero-order valence-corrected chi connectivity index (χ0v) is 13.6. The van der Waals surface area contributed by atoms with Gasteiger partial charge in [-0.15, -0.1) is 11.3 Å². The van der Waals surface area contributed by atoms with E-state index < -0.39 is 0 Å². The van der Waals surface area contributed by atoms with Gasteiger partial charge in [0.05, 0.1) is 5.69 Å². The van der Waals surface area contributed by atoms with Gasteiger partial charge in [0.2, 0.25) is 0 Å². The van der Waals surface area contributed by atoms with E-state index in [2.05, 4.69) is 6.92 Å². The molecule has 1 saturated heterocycles. The minimum absolute atomic E-state index is 0.0726. The number of anilines is 1. The second-order valence-electron chi connectivity index (χ2n) is 5.68. The normalized spacial score (nSPS) is 18.6. The van der Waals surface area contributed by atoms with Crippen LogP contribution in [0.4, 0.5) is 5.69 Å². The Bertz CT molecular complexity index is 682. The number of carbonyl (C=O) groups is 1. The SMILES string of the molecule is CCCC1CCN(C(=O)c2sc3cc(Cl)ccc3c2N)C1. The van der Waals surface area contributed by atoms with E-state index in [1.165, 1.54) is 24.2 Å². The highest BCUT2D eigenvalue weighted by Gasteiger charge is 2.28. The quantitative estimate of drug-likeness (QED) is 0.910. The Labute approximate surface area is 133 Å². The lowest BCUT2D eigenvalue weighted by Crippen LogP contribution is -2.28. The molecule has 0 aliphatic carbocycles. The molecule has 3 nitrogen and oxygen atoms in total. The predicted molar refractivity (Wildman–Crippen MR) is 90.2 cm³/mol. The Hall–Kier alpha value is -1.26. The van der Waals surface area contributed by atoms with Crippen molar-refractivity contribution < 1.29 is 4.79 Å². The summed E-state index contributed by atoms with van der Waals surface area (Å²) in [6.07, 6.45) is 3.48. The number of halogens is 1. The summed E-state index contributed by atoms with van der Waals surface area (Å²) in [5, 5.41) is 1.60. The fraction of sp³-hybridized carbons (Fsp3) is 0.438. The molecule has 0 bridgehead atoms. The number of carbonyl (C=O) groups excluding carboxylic acids is 1. The zero-order valence-electron chi connectivity index (χ0n) is 12.1. The van der Waals surface area contributed by atoms with Gasteiger partial charge in [-0.3, -0.25) is 4.79 Å². The molecule has 1 amide bonds. The summed E-state index contributed by atoms with van der Waals surface area (Å²) in [5.41, 5.74) is 6.76. The molecule has 2 heterocycles. The number of fused-ring (bicyclic) bond motifs is 1. The lowest BCUT2D eigenvalue weighted by atomic mass is 10.0. The van der Waals surface area contributed by atoms with Crippen molar-refractivity contribution in [2.24, 2.45) is 5.92 Å². The Morgan fingerprint density at radius 3 is 3.10 bits per heavy atom. The Kier molecular flexibility index (Phi) is 4.09. The largest absolute Gasteiger partial charge is 0.397 e. The average Bonchev–Trinajstić information content (AvgIpc) is 3.04. The van der Waals surface area contributed by atoms with Crippen LogP contribution in [0.25, 0.3) is 10.1 Å². The minimum atomic E-state index is 0.0726. The number of hydrogen-bond donors (Lipinski definition) is 1. The second-order valence-corrected chi connectivity index (χ2v) is 7.17. The molecular formula is C16H19ClN2OS. The Morgan fingerprint density at radius 2 is 2.33 bits per heavy atom. The fourth-order valence-electron chi connectivity index (χ4n) is 3.05. The molecule has 5 heteroatoms. The topological polar surface area (TPSA) is 46.3 Å². The van der Waals surface area contributed by atoms with Gasteiger partial charge in [-0.05, 0) is 37.0 Å². The number of hydrogen-bond acceptors (Lipinski definition) is 3. The van der Waals surface area contributed by atoms with Crippen LogP contribution in [0.5, 0.6) is 0 Å². The van der Waals surface area contributed by atoms with E-state index in [9.17, 15) is 4.79 Å². The fourth-order valence-corrected chi connectivity index (χ4v) is 4.42. The highest BCUT2D eigenvalue weighted by Crippen LogP contribution is 2.36. The van der Waals surface area contributed by atoms with Crippen LogP contribution in [-0.4, -0.2) is 23.9 Å². The van der Waals surface area contributed by atoms with Gasteiger partial charge in [0.25, 0.3) is 5.91 Å². The highest BCUT2D eigenvalue weighted by atomic mass is 35.5. The molecule has 0 radical (unpaired) electrons. The maximum atomic E-state index is 12.7. The van der Waals surface area contributed by atoms with Crippen LogP contribution in [0, 0.1) is 5.92 Å². The van der Waals surface area contributed by atoms with Crippen molar-refractivity contribution >= 4 is 44.6 Å². The first-order chi connectivity index (χ1) is 10.1. The van der Waals surface area contributed by atoms with Crippen molar-refractivity contribution in [1.82, 2.24) is 4.90 Å². The van der Waals surface area contributed by atoms with Crippen LogP contribution in [0.1, 0.15) is 35.9 Å². The smallest absolute Gasteiger partial charge is 0.266 e. The zero-order chi connectivity index (χ0) is 15.0. The number of thiophene rings is 1. The molecule has 112 valence electrons. The molecule has 2 aromatic rings. The van der Waals surface area contributed by atoms with Crippen molar-refractivity contribution in [3.05, 3.63) is 28.1 Å². The van der Waals surface area contributed by atoms with Crippen LogP contribution in [0.2, 0.25) is 5.02 Å².